The summed E-state index contributed by atoms with van der Waals surface area (Å²) in [5.74, 6) is 1.30. The highest BCUT2D eigenvalue weighted by Crippen LogP contribution is 2.23. The van der Waals surface area contributed by atoms with Gasteiger partial charge in [0.1, 0.15) is 5.75 Å². The van der Waals surface area contributed by atoms with E-state index in [0.717, 1.165) is 24.2 Å². The first-order valence-corrected chi connectivity index (χ1v) is 11.8. The predicted octanol–water partition coefficient (Wildman–Crippen LogP) is 3.10. The molecule has 0 radical (unpaired) electrons. The third kappa shape index (κ3) is 4.97. The van der Waals surface area contributed by atoms with Crippen LogP contribution in [0.25, 0.3) is 11.4 Å². The summed E-state index contributed by atoms with van der Waals surface area (Å²) in [6.07, 6.45) is 2.21. The van der Waals surface area contributed by atoms with Crippen molar-refractivity contribution in [3.05, 3.63) is 54.4 Å². The number of amides is 1. The minimum atomic E-state index is -3.47. The van der Waals surface area contributed by atoms with Gasteiger partial charge in [-0.1, -0.05) is 5.16 Å². The lowest BCUT2D eigenvalue weighted by molar-refractivity contribution is -0.116. The molecular weight excluding hydrogens is 432 g/mol. The average molecular weight is 457 g/mol. The molecule has 2 aromatic carbocycles. The molecule has 1 N–H and O–H groups in total. The molecule has 1 saturated heterocycles. The van der Waals surface area contributed by atoms with E-state index in [-0.39, 0.29) is 23.6 Å². The van der Waals surface area contributed by atoms with Crippen molar-refractivity contribution in [1.29, 1.82) is 0 Å². The van der Waals surface area contributed by atoms with Crippen LogP contribution in [0.1, 0.15) is 25.2 Å². The largest absolute Gasteiger partial charge is 0.497 e. The Morgan fingerprint density at radius 3 is 2.44 bits per heavy atom. The zero-order chi connectivity index (χ0) is 22.6. The van der Waals surface area contributed by atoms with Gasteiger partial charge in [0.25, 0.3) is 0 Å². The highest BCUT2D eigenvalue weighted by atomic mass is 32.2. The third-order valence-corrected chi connectivity index (χ3v) is 7.14. The van der Waals surface area contributed by atoms with E-state index in [1.165, 1.54) is 16.4 Å². The van der Waals surface area contributed by atoms with Gasteiger partial charge in [0.05, 0.1) is 12.0 Å². The Morgan fingerprint density at radius 2 is 1.78 bits per heavy atom. The van der Waals surface area contributed by atoms with Gasteiger partial charge in [-0.2, -0.15) is 9.29 Å². The molecule has 1 aliphatic rings. The number of aryl methyl sites for hydroxylation is 1. The van der Waals surface area contributed by atoms with Gasteiger partial charge < -0.3 is 14.6 Å². The monoisotopic (exact) mass is 456 g/mol. The highest BCUT2D eigenvalue weighted by Gasteiger charge is 2.26. The van der Waals surface area contributed by atoms with Crippen molar-refractivity contribution in [1.82, 2.24) is 14.4 Å². The van der Waals surface area contributed by atoms with Gasteiger partial charge in [0.15, 0.2) is 0 Å². The Labute approximate surface area is 186 Å². The van der Waals surface area contributed by atoms with Crippen LogP contribution in [0.15, 0.2) is 57.9 Å². The van der Waals surface area contributed by atoms with E-state index in [1.807, 2.05) is 12.1 Å². The van der Waals surface area contributed by atoms with Gasteiger partial charge >= 0.3 is 0 Å². The molecule has 0 spiro atoms. The molecule has 2 heterocycles. The molecule has 0 unspecified atom stereocenters. The van der Waals surface area contributed by atoms with Crippen molar-refractivity contribution in [2.45, 2.75) is 30.6 Å². The summed E-state index contributed by atoms with van der Waals surface area (Å²) in [4.78, 5) is 16.8. The van der Waals surface area contributed by atoms with E-state index < -0.39 is 10.0 Å². The number of aromatic nitrogens is 2. The van der Waals surface area contributed by atoms with E-state index >= 15 is 0 Å². The predicted molar refractivity (Wildman–Crippen MR) is 118 cm³/mol. The van der Waals surface area contributed by atoms with Crippen LogP contribution in [0.4, 0.5) is 5.69 Å². The third-order valence-electron chi connectivity index (χ3n) is 5.22. The first-order chi connectivity index (χ1) is 15.5. The summed E-state index contributed by atoms with van der Waals surface area (Å²) in [7, 11) is -1.87. The number of carbonyl (C=O) groups excluding carboxylic acids is 1. The molecule has 9 nitrogen and oxygen atoms in total. The number of carbonyl (C=O) groups is 1. The summed E-state index contributed by atoms with van der Waals surface area (Å²) < 4.78 is 37.0. The van der Waals surface area contributed by atoms with Crippen LogP contribution in [0.2, 0.25) is 0 Å². The number of anilines is 1. The maximum atomic E-state index is 12.6. The van der Waals surface area contributed by atoms with Gasteiger partial charge in [-0.25, -0.2) is 8.42 Å². The summed E-state index contributed by atoms with van der Waals surface area (Å²) in [5, 5.41) is 6.71. The zero-order valence-corrected chi connectivity index (χ0v) is 18.5. The molecule has 0 aliphatic carbocycles. The molecular formula is C22H24N4O5S. The first-order valence-electron chi connectivity index (χ1n) is 10.3. The fourth-order valence-corrected chi connectivity index (χ4v) is 4.96. The van der Waals surface area contributed by atoms with E-state index in [4.69, 9.17) is 9.26 Å². The molecule has 1 aromatic heterocycles. The Balaban J connectivity index is 1.31. The quantitative estimate of drug-likeness (QED) is 0.554. The Morgan fingerprint density at radius 1 is 1.09 bits per heavy atom. The first kappa shape index (κ1) is 22.0. The summed E-state index contributed by atoms with van der Waals surface area (Å²) >= 11 is 0. The minimum Gasteiger partial charge on any atom is -0.497 e. The Hall–Kier alpha value is -3.24. The number of nitrogens with one attached hydrogen (secondary N) is 1. The highest BCUT2D eigenvalue weighted by molar-refractivity contribution is 7.89. The summed E-state index contributed by atoms with van der Waals surface area (Å²) in [6, 6.07) is 13.5. The van der Waals surface area contributed by atoms with Gasteiger partial charge in [0.2, 0.25) is 27.6 Å². The van der Waals surface area contributed by atoms with Crippen molar-refractivity contribution in [2.24, 2.45) is 0 Å². The van der Waals surface area contributed by atoms with Crippen molar-refractivity contribution in [3.63, 3.8) is 0 Å². The van der Waals surface area contributed by atoms with Crippen LogP contribution >= 0.6 is 0 Å². The number of methoxy groups -OCH3 is 1. The van der Waals surface area contributed by atoms with Crippen molar-refractivity contribution in [2.75, 3.05) is 25.5 Å². The lowest BCUT2D eigenvalue weighted by Gasteiger charge is -2.15. The second kappa shape index (κ2) is 9.49. The number of benzene rings is 2. The van der Waals surface area contributed by atoms with Gasteiger partial charge in [0, 0.05) is 37.2 Å². The second-order valence-corrected chi connectivity index (χ2v) is 9.36. The van der Waals surface area contributed by atoms with E-state index in [2.05, 4.69) is 15.5 Å². The molecule has 1 amide bonds. The lowest BCUT2D eigenvalue weighted by atomic mass is 10.2. The molecule has 0 atom stereocenters. The van der Waals surface area contributed by atoms with Crippen LogP contribution in [0.3, 0.4) is 0 Å². The van der Waals surface area contributed by atoms with Crippen LogP contribution in [-0.4, -0.2) is 49.0 Å². The van der Waals surface area contributed by atoms with Crippen LogP contribution in [0, 0.1) is 0 Å². The topological polar surface area (TPSA) is 115 Å². The smallest absolute Gasteiger partial charge is 0.243 e. The molecule has 10 heteroatoms. The Kier molecular flexibility index (Phi) is 6.52. The molecule has 0 saturated carbocycles. The molecule has 4 rings (SSSR count). The summed E-state index contributed by atoms with van der Waals surface area (Å²) in [6.45, 7) is 1.10. The van der Waals surface area contributed by atoms with E-state index in [0.29, 0.717) is 30.5 Å². The molecule has 0 bridgehead atoms. The van der Waals surface area contributed by atoms with Gasteiger partial charge in [-0.05, 0) is 61.4 Å². The minimum absolute atomic E-state index is 0.151. The molecule has 1 aliphatic heterocycles. The van der Waals surface area contributed by atoms with E-state index in [1.54, 1.807) is 31.4 Å². The van der Waals surface area contributed by atoms with Gasteiger partial charge in [-0.15, -0.1) is 0 Å². The van der Waals surface area contributed by atoms with Gasteiger partial charge in [-0.3, -0.25) is 4.79 Å². The number of nitrogens with zero attached hydrogens (tertiary/aromatic N) is 3. The molecule has 168 valence electrons. The van der Waals surface area contributed by atoms with Crippen LogP contribution in [-0.2, 0) is 21.2 Å². The normalized spacial score (nSPS) is 14.4. The fourth-order valence-electron chi connectivity index (χ4n) is 3.45. The zero-order valence-electron chi connectivity index (χ0n) is 17.7. The number of sulfonamides is 1. The maximum absolute atomic E-state index is 12.6. The van der Waals surface area contributed by atoms with Crippen molar-refractivity contribution < 1.29 is 22.5 Å². The number of rotatable bonds is 8. The molecule has 3 aromatic rings. The van der Waals surface area contributed by atoms with Crippen LogP contribution in [0.5, 0.6) is 5.75 Å². The number of ether oxygens (including phenoxy) is 1. The maximum Gasteiger partial charge on any atom is 0.243 e. The lowest BCUT2D eigenvalue weighted by Crippen LogP contribution is -2.27. The fraction of sp³-hybridized carbons (Fsp3) is 0.318. The van der Waals surface area contributed by atoms with Crippen molar-refractivity contribution in [3.8, 4) is 17.1 Å². The van der Waals surface area contributed by atoms with Crippen molar-refractivity contribution >= 4 is 21.6 Å². The SMILES string of the molecule is COc1ccc(-c2noc(CCC(=O)Nc3ccc(S(=O)(=O)N4CCCC4)cc3)n2)cc1. The summed E-state index contributed by atoms with van der Waals surface area (Å²) in [5.41, 5.74) is 1.31. The second-order valence-electron chi connectivity index (χ2n) is 7.42. The number of hydrogen-bond donors (Lipinski definition) is 1. The average Bonchev–Trinajstić information content (AvgIpc) is 3.51. The Bertz CT molecular complexity index is 1170. The molecule has 32 heavy (non-hydrogen) atoms. The molecule has 1 fully saturated rings. The standard InChI is InChI=1S/C22H24N4O5S/c1-30-18-8-4-16(5-9-18)22-24-21(31-25-22)13-12-20(27)23-17-6-10-19(11-7-17)32(28,29)26-14-2-3-15-26/h4-11H,2-3,12-15H2,1H3,(H,23,27). The van der Waals surface area contributed by atoms with Crippen LogP contribution < -0.4 is 10.1 Å². The number of hydrogen-bond acceptors (Lipinski definition) is 7. The van der Waals surface area contributed by atoms with E-state index in [9.17, 15) is 13.2 Å².